The van der Waals surface area contributed by atoms with Crippen LogP contribution in [0.2, 0.25) is 0 Å². The minimum atomic E-state index is 1.20. The summed E-state index contributed by atoms with van der Waals surface area (Å²) in [4.78, 5) is 0. The van der Waals surface area contributed by atoms with E-state index < -0.39 is 0 Å². The highest BCUT2D eigenvalue weighted by atomic mass is 14.1. The fourth-order valence-corrected chi connectivity index (χ4v) is 3.35. The molecule has 0 heteroatoms. The highest BCUT2D eigenvalue weighted by molar-refractivity contribution is 5.34. The van der Waals surface area contributed by atoms with E-state index in [1.54, 1.807) is 0 Å². The van der Waals surface area contributed by atoms with Crippen molar-refractivity contribution in [2.75, 3.05) is 0 Å². The van der Waals surface area contributed by atoms with Gasteiger partial charge in [-0.25, -0.2) is 0 Å². The van der Waals surface area contributed by atoms with E-state index in [1.165, 1.54) is 71.9 Å². The van der Waals surface area contributed by atoms with Crippen molar-refractivity contribution in [3.8, 4) is 0 Å². The monoisotopic (exact) mass is 264 g/mol. The SMILES string of the molecule is Cc1cc2ccc1CCCc1ccc(cc1C)CCC2. The minimum absolute atomic E-state index is 1.20. The van der Waals surface area contributed by atoms with Gasteiger partial charge in [0.05, 0.1) is 0 Å². The fourth-order valence-electron chi connectivity index (χ4n) is 3.35. The molecular weight excluding hydrogens is 240 g/mol. The lowest BCUT2D eigenvalue weighted by Gasteiger charge is -2.13. The number of rotatable bonds is 0. The van der Waals surface area contributed by atoms with Crippen molar-refractivity contribution < 1.29 is 0 Å². The molecule has 104 valence electrons. The van der Waals surface area contributed by atoms with Gasteiger partial charge in [-0.1, -0.05) is 36.4 Å². The van der Waals surface area contributed by atoms with Crippen LogP contribution in [0.15, 0.2) is 36.4 Å². The molecule has 20 heavy (non-hydrogen) atoms. The Kier molecular flexibility index (Phi) is 3.91. The molecular formula is C20H24. The molecule has 0 spiro atoms. The molecule has 2 aromatic rings. The second kappa shape index (κ2) is 5.83. The van der Waals surface area contributed by atoms with Crippen molar-refractivity contribution in [3.63, 3.8) is 0 Å². The Labute approximate surface area is 122 Å². The second-order valence-corrected chi connectivity index (χ2v) is 6.23. The lowest BCUT2D eigenvalue weighted by Crippen LogP contribution is -1.99. The maximum Gasteiger partial charge on any atom is -0.0273 e. The molecule has 0 atom stereocenters. The summed E-state index contributed by atoms with van der Waals surface area (Å²) in [6, 6.07) is 14.2. The van der Waals surface area contributed by atoms with Crippen LogP contribution in [-0.4, -0.2) is 0 Å². The van der Waals surface area contributed by atoms with Crippen LogP contribution in [0.5, 0.6) is 0 Å². The first-order chi connectivity index (χ1) is 9.72. The number of benzene rings is 2. The van der Waals surface area contributed by atoms with Crippen molar-refractivity contribution in [2.24, 2.45) is 0 Å². The third-order valence-corrected chi connectivity index (χ3v) is 4.64. The molecule has 0 saturated heterocycles. The van der Waals surface area contributed by atoms with Gasteiger partial charge in [0.1, 0.15) is 0 Å². The van der Waals surface area contributed by atoms with E-state index in [1.807, 2.05) is 0 Å². The van der Waals surface area contributed by atoms with Crippen LogP contribution in [-0.2, 0) is 25.7 Å². The van der Waals surface area contributed by atoms with Crippen molar-refractivity contribution in [1.82, 2.24) is 0 Å². The van der Waals surface area contributed by atoms with Crippen molar-refractivity contribution in [2.45, 2.75) is 52.4 Å². The summed E-state index contributed by atoms with van der Waals surface area (Å²) in [6.07, 6.45) is 7.29. The topological polar surface area (TPSA) is 0 Å². The fraction of sp³-hybridized carbons (Fsp3) is 0.400. The largest absolute Gasteiger partial charge is 0.0588 e. The van der Waals surface area contributed by atoms with Crippen LogP contribution >= 0.6 is 0 Å². The van der Waals surface area contributed by atoms with Gasteiger partial charge in [-0.3, -0.25) is 0 Å². The molecule has 0 aliphatic heterocycles. The summed E-state index contributed by atoms with van der Waals surface area (Å²) in [5.41, 5.74) is 9.00. The lowest BCUT2D eigenvalue weighted by molar-refractivity contribution is 0.792. The van der Waals surface area contributed by atoms with Crippen LogP contribution in [0.4, 0.5) is 0 Å². The summed E-state index contributed by atoms with van der Waals surface area (Å²) in [6.45, 7) is 4.54. The van der Waals surface area contributed by atoms with Gasteiger partial charge in [-0.05, 0) is 85.8 Å². The molecule has 0 amide bonds. The third-order valence-electron chi connectivity index (χ3n) is 4.64. The number of hydrogen-bond donors (Lipinski definition) is 0. The first-order valence-corrected chi connectivity index (χ1v) is 7.89. The van der Waals surface area contributed by atoms with E-state index in [2.05, 4.69) is 50.2 Å². The Bertz CT molecular complexity index is 554. The van der Waals surface area contributed by atoms with E-state index in [0.29, 0.717) is 0 Å². The van der Waals surface area contributed by atoms with Gasteiger partial charge in [0.15, 0.2) is 0 Å². The highest BCUT2D eigenvalue weighted by Crippen LogP contribution is 2.20. The Morgan fingerprint density at radius 3 is 1.50 bits per heavy atom. The molecule has 0 heterocycles. The molecule has 0 saturated carbocycles. The molecule has 6 rings (SSSR count). The van der Waals surface area contributed by atoms with E-state index >= 15 is 0 Å². The quantitative estimate of drug-likeness (QED) is 0.630. The molecule has 4 aliphatic rings. The first-order valence-electron chi connectivity index (χ1n) is 7.89. The summed E-state index contributed by atoms with van der Waals surface area (Å²) in [5.74, 6) is 0. The maximum absolute atomic E-state index is 2.40. The van der Waals surface area contributed by atoms with E-state index in [4.69, 9.17) is 0 Å². The summed E-state index contributed by atoms with van der Waals surface area (Å²) in [7, 11) is 0. The zero-order valence-electron chi connectivity index (χ0n) is 12.7. The average molecular weight is 264 g/mol. The van der Waals surface area contributed by atoms with Gasteiger partial charge in [-0.15, -0.1) is 0 Å². The Balaban J connectivity index is 1.89. The zero-order valence-corrected chi connectivity index (χ0v) is 12.7. The van der Waals surface area contributed by atoms with Crippen LogP contribution in [0.3, 0.4) is 0 Å². The van der Waals surface area contributed by atoms with Crippen molar-refractivity contribution >= 4 is 0 Å². The van der Waals surface area contributed by atoms with Gasteiger partial charge in [-0.2, -0.15) is 0 Å². The predicted molar refractivity (Wildman–Crippen MR) is 86.4 cm³/mol. The van der Waals surface area contributed by atoms with Crippen molar-refractivity contribution in [3.05, 3.63) is 69.8 Å². The molecule has 0 fully saturated rings. The standard InChI is InChI=1S/C20H24/c1-15-13-17-5-3-6-18-10-12-20(16(2)14-18)8-4-7-19(15)11-9-17/h9-14H,3-8H2,1-2H3. The Morgan fingerprint density at radius 2 is 1.05 bits per heavy atom. The molecule has 0 radical (unpaired) electrons. The minimum Gasteiger partial charge on any atom is -0.0588 e. The van der Waals surface area contributed by atoms with Crippen LogP contribution in [0.25, 0.3) is 0 Å². The smallest absolute Gasteiger partial charge is 0.0273 e. The van der Waals surface area contributed by atoms with Crippen LogP contribution < -0.4 is 0 Å². The van der Waals surface area contributed by atoms with Gasteiger partial charge in [0.25, 0.3) is 0 Å². The maximum atomic E-state index is 2.40. The summed E-state index contributed by atoms with van der Waals surface area (Å²) in [5, 5.41) is 0. The highest BCUT2D eigenvalue weighted by Gasteiger charge is 2.06. The Hall–Kier alpha value is -1.56. The molecule has 0 unspecified atom stereocenters. The van der Waals surface area contributed by atoms with Crippen LogP contribution in [0, 0.1) is 13.8 Å². The van der Waals surface area contributed by atoms with E-state index in [-0.39, 0.29) is 0 Å². The van der Waals surface area contributed by atoms with Gasteiger partial charge >= 0.3 is 0 Å². The normalized spacial score (nSPS) is 15.3. The predicted octanol–water partition coefficient (Wildman–Crippen LogP) is 4.97. The Morgan fingerprint density at radius 1 is 0.600 bits per heavy atom. The average Bonchev–Trinajstić information content (AvgIpc) is 2.43. The van der Waals surface area contributed by atoms with E-state index in [0.717, 1.165) is 0 Å². The summed E-state index contributed by atoms with van der Waals surface area (Å²) < 4.78 is 0. The molecule has 0 nitrogen and oxygen atoms in total. The number of hydrogen-bond acceptors (Lipinski definition) is 0. The van der Waals surface area contributed by atoms with Gasteiger partial charge in [0, 0.05) is 0 Å². The molecule has 4 bridgehead atoms. The molecule has 2 aromatic carbocycles. The van der Waals surface area contributed by atoms with Crippen molar-refractivity contribution in [1.29, 1.82) is 0 Å². The third kappa shape index (κ3) is 2.95. The molecule has 4 aliphatic carbocycles. The molecule has 0 N–H and O–H groups in total. The molecule has 0 aromatic heterocycles. The first kappa shape index (κ1) is 13.4. The number of aryl methyl sites for hydroxylation is 6. The zero-order chi connectivity index (χ0) is 13.9. The van der Waals surface area contributed by atoms with Gasteiger partial charge in [0.2, 0.25) is 0 Å². The van der Waals surface area contributed by atoms with Gasteiger partial charge < -0.3 is 0 Å². The lowest BCUT2D eigenvalue weighted by atomic mass is 9.93. The van der Waals surface area contributed by atoms with E-state index in [9.17, 15) is 0 Å². The van der Waals surface area contributed by atoms with Crippen LogP contribution in [0.1, 0.15) is 46.2 Å². The second-order valence-electron chi connectivity index (χ2n) is 6.23. The summed E-state index contributed by atoms with van der Waals surface area (Å²) >= 11 is 0.